The normalized spacial score (nSPS) is 12.8. The van der Waals surface area contributed by atoms with Crippen LogP contribution in [0, 0.1) is 0 Å². The van der Waals surface area contributed by atoms with E-state index in [1.165, 1.54) is 16.9 Å². The second kappa shape index (κ2) is 4.60. The van der Waals surface area contributed by atoms with Crippen molar-refractivity contribution in [1.82, 2.24) is 4.72 Å². The minimum absolute atomic E-state index is 0.201. The largest absolute Gasteiger partial charge is 0.511 e. The highest BCUT2D eigenvalue weighted by Gasteiger charge is 2.45. The molecular weight excluding hydrogens is 267 g/mol. The van der Waals surface area contributed by atoms with E-state index in [9.17, 15) is 21.6 Å². The molecule has 90 valence electrons. The van der Waals surface area contributed by atoms with Crippen LogP contribution in [0.4, 0.5) is 13.2 Å². The highest BCUT2D eigenvalue weighted by Crippen LogP contribution is 2.22. The molecule has 1 aromatic carbocycles. The number of nitrogens with one attached hydrogen (secondary N) is 1. The number of alkyl halides is 3. The second-order valence-electron chi connectivity index (χ2n) is 2.86. The molecule has 0 atom stereocenters. The van der Waals surface area contributed by atoms with Gasteiger partial charge in [0.25, 0.3) is 0 Å². The van der Waals surface area contributed by atoms with Crippen molar-refractivity contribution < 1.29 is 21.6 Å². The highest BCUT2D eigenvalue weighted by atomic mass is 35.5. The first-order chi connectivity index (χ1) is 7.24. The summed E-state index contributed by atoms with van der Waals surface area (Å²) in [6.07, 6.45) is 0. The Morgan fingerprint density at radius 1 is 1.25 bits per heavy atom. The van der Waals surface area contributed by atoms with Crippen molar-refractivity contribution in [3.8, 4) is 0 Å². The minimum atomic E-state index is -5.32. The molecule has 0 bridgehead atoms. The zero-order valence-electron chi connectivity index (χ0n) is 7.75. The maximum absolute atomic E-state index is 12.0. The van der Waals surface area contributed by atoms with Crippen molar-refractivity contribution in [3.63, 3.8) is 0 Å². The molecule has 1 rings (SSSR count). The van der Waals surface area contributed by atoms with Gasteiger partial charge in [-0.2, -0.15) is 13.2 Å². The molecule has 0 saturated carbocycles. The van der Waals surface area contributed by atoms with Crippen LogP contribution in [0.3, 0.4) is 0 Å². The van der Waals surface area contributed by atoms with E-state index in [1.807, 2.05) is 0 Å². The van der Waals surface area contributed by atoms with Crippen molar-refractivity contribution in [1.29, 1.82) is 0 Å². The van der Waals surface area contributed by atoms with Crippen molar-refractivity contribution in [2.75, 3.05) is 0 Å². The third-order valence-electron chi connectivity index (χ3n) is 1.72. The molecule has 0 fully saturated rings. The van der Waals surface area contributed by atoms with Gasteiger partial charge in [0.15, 0.2) is 0 Å². The van der Waals surface area contributed by atoms with Crippen molar-refractivity contribution in [2.24, 2.45) is 0 Å². The van der Waals surface area contributed by atoms with E-state index < -0.39 is 22.1 Å². The summed E-state index contributed by atoms with van der Waals surface area (Å²) in [4.78, 5) is 0. The van der Waals surface area contributed by atoms with Gasteiger partial charge in [0.2, 0.25) is 0 Å². The molecule has 8 heteroatoms. The Hall–Kier alpha value is -0.790. The molecule has 0 aliphatic carbocycles. The van der Waals surface area contributed by atoms with Crippen LogP contribution < -0.4 is 4.72 Å². The van der Waals surface area contributed by atoms with Gasteiger partial charge in [-0.15, -0.1) is 0 Å². The number of rotatable bonds is 3. The lowest BCUT2D eigenvalue weighted by Gasteiger charge is -2.09. The van der Waals surface area contributed by atoms with Crippen LogP contribution in [0.1, 0.15) is 5.56 Å². The molecule has 0 unspecified atom stereocenters. The molecule has 1 N–H and O–H groups in total. The number of sulfonamides is 1. The fraction of sp³-hybridized carbons (Fsp3) is 0.250. The maximum atomic E-state index is 12.0. The summed E-state index contributed by atoms with van der Waals surface area (Å²) in [5, 5.41) is 0.201. The predicted octanol–water partition coefficient (Wildman–Crippen LogP) is 2.28. The van der Waals surface area contributed by atoms with Crippen LogP contribution in [0.2, 0.25) is 5.02 Å². The summed E-state index contributed by atoms with van der Waals surface area (Å²) in [5.41, 5.74) is -5.04. The van der Waals surface area contributed by atoms with Gasteiger partial charge in [0.1, 0.15) is 0 Å². The number of hydrogen-bond donors (Lipinski definition) is 1. The van der Waals surface area contributed by atoms with Gasteiger partial charge >= 0.3 is 15.5 Å². The maximum Gasteiger partial charge on any atom is 0.511 e. The molecule has 0 radical (unpaired) electrons. The van der Waals surface area contributed by atoms with Gasteiger partial charge in [-0.1, -0.05) is 29.8 Å². The van der Waals surface area contributed by atoms with E-state index in [1.54, 1.807) is 12.1 Å². The Bertz CT molecular complexity index is 472. The molecule has 0 saturated heterocycles. The van der Waals surface area contributed by atoms with E-state index in [4.69, 9.17) is 11.6 Å². The SMILES string of the molecule is O=S(=O)(NCc1ccccc1Cl)C(F)(F)F. The summed E-state index contributed by atoms with van der Waals surface area (Å²) >= 11 is 5.65. The van der Waals surface area contributed by atoms with Crippen LogP contribution in [0.5, 0.6) is 0 Å². The van der Waals surface area contributed by atoms with Gasteiger partial charge in [0.05, 0.1) is 0 Å². The first-order valence-corrected chi connectivity index (χ1v) is 5.89. The van der Waals surface area contributed by atoms with E-state index in [-0.39, 0.29) is 10.6 Å². The Kier molecular flexibility index (Phi) is 3.82. The van der Waals surface area contributed by atoms with Crippen LogP contribution in [0.15, 0.2) is 24.3 Å². The van der Waals surface area contributed by atoms with Gasteiger partial charge in [-0.3, -0.25) is 0 Å². The van der Waals surface area contributed by atoms with Crippen molar-refractivity contribution in [3.05, 3.63) is 34.9 Å². The van der Waals surface area contributed by atoms with Crippen molar-refractivity contribution in [2.45, 2.75) is 12.1 Å². The van der Waals surface area contributed by atoms with Crippen LogP contribution in [-0.2, 0) is 16.6 Å². The molecular formula is C8H7ClF3NO2S. The summed E-state index contributed by atoms with van der Waals surface area (Å²) in [7, 11) is -5.32. The lowest BCUT2D eigenvalue weighted by molar-refractivity contribution is -0.0448. The minimum Gasteiger partial charge on any atom is -0.203 e. The molecule has 16 heavy (non-hydrogen) atoms. The second-order valence-corrected chi connectivity index (χ2v) is 5.03. The lowest BCUT2D eigenvalue weighted by Crippen LogP contribution is -2.36. The lowest BCUT2D eigenvalue weighted by atomic mass is 10.2. The smallest absolute Gasteiger partial charge is 0.203 e. The average Bonchev–Trinajstić information content (AvgIpc) is 2.15. The number of benzene rings is 1. The predicted molar refractivity (Wildman–Crippen MR) is 53.3 cm³/mol. The Morgan fingerprint density at radius 3 is 2.31 bits per heavy atom. The Labute approximate surface area is 95.3 Å². The molecule has 0 heterocycles. The third-order valence-corrected chi connectivity index (χ3v) is 3.22. The first-order valence-electron chi connectivity index (χ1n) is 4.03. The topological polar surface area (TPSA) is 46.2 Å². The number of halogens is 4. The zero-order valence-corrected chi connectivity index (χ0v) is 9.33. The van der Waals surface area contributed by atoms with E-state index >= 15 is 0 Å². The standard InChI is InChI=1S/C8H7ClF3NO2S/c9-7-4-2-1-3-6(7)5-13-16(14,15)8(10,11)12/h1-4,13H,5H2. The molecule has 0 aliphatic heterocycles. The van der Waals surface area contributed by atoms with E-state index in [0.29, 0.717) is 0 Å². The quantitative estimate of drug-likeness (QED) is 0.918. The first kappa shape index (κ1) is 13.3. The summed E-state index contributed by atoms with van der Waals surface area (Å²) < 4.78 is 58.6. The Morgan fingerprint density at radius 2 is 1.81 bits per heavy atom. The zero-order chi connectivity index (χ0) is 12.4. The van der Waals surface area contributed by atoms with Gasteiger partial charge in [-0.25, -0.2) is 13.1 Å². The van der Waals surface area contributed by atoms with Gasteiger partial charge in [0, 0.05) is 11.6 Å². The molecule has 3 nitrogen and oxygen atoms in total. The number of hydrogen-bond acceptors (Lipinski definition) is 2. The van der Waals surface area contributed by atoms with Crippen LogP contribution in [-0.4, -0.2) is 13.9 Å². The summed E-state index contributed by atoms with van der Waals surface area (Å²) in [6.45, 7) is -0.498. The highest BCUT2D eigenvalue weighted by molar-refractivity contribution is 7.90. The van der Waals surface area contributed by atoms with Crippen LogP contribution >= 0.6 is 11.6 Å². The molecule has 0 aromatic heterocycles. The summed E-state index contributed by atoms with van der Waals surface area (Å²) in [6, 6.07) is 6.02. The summed E-state index contributed by atoms with van der Waals surface area (Å²) in [5.74, 6) is 0. The van der Waals surface area contributed by atoms with Gasteiger partial charge in [-0.05, 0) is 11.6 Å². The van der Waals surface area contributed by atoms with Crippen molar-refractivity contribution >= 4 is 21.6 Å². The van der Waals surface area contributed by atoms with Gasteiger partial charge < -0.3 is 0 Å². The van der Waals surface area contributed by atoms with Crippen LogP contribution in [0.25, 0.3) is 0 Å². The molecule has 1 aromatic rings. The fourth-order valence-corrected chi connectivity index (χ4v) is 1.61. The Balaban J connectivity index is 2.77. The molecule has 0 aliphatic rings. The third kappa shape index (κ3) is 3.10. The molecule has 0 spiro atoms. The average molecular weight is 274 g/mol. The molecule has 0 amide bonds. The fourth-order valence-electron chi connectivity index (χ4n) is 0.896. The van der Waals surface area contributed by atoms with E-state index in [2.05, 4.69) is 0 Å². The monoisotopic (exact) mass is 273 g/mol. The van der Waals surface area contributed by atoms with E-state index in [0.717, 1.165) is 0 Å².